The zero-order valence-corrected chi connectivity index (χ0v) is 24.8. The molecule has 208 valence electrons. The first kappa shape index (κ1) is 25.1. The van der Waals surface area contributed by atoms with Crippen molar-refractivity contribution in [3.8, 4) is 28.2 Å². The Kier molecular flexibility index (Phi) is 5.28. The van der Waals surface area contributed by atoms with E-state index in [0.717, 1.165) is 28.1 Å². The topological polar surface area (TPSA) is 17.8 Å². The van der Waals surface area contributed by atoms with Crippen molar-refractivity contribution in [3.05, 3.63) is 177 Å². The highest BCUT2D eigenvalue weighted by Crippen LogP contribution is 2.36. The summed E-state index contributed by atoms with van der Waals surface area (Å²) in [5.74, 6) is 0.950. The molecule has 0 bridgehead atoms. The molecule has 0 radical (unpaired) electrons. The van der Waals surface area contributed by atoms with Crippen LogP contribution in [0.4, 0.5) is 0 Å². The molecule has 2 heteroatoms. The molecular weight excluding hydrogens is 532 g/mol. The molecule has 2 aliphatic rings. The van der Waals surface area contributed by atoms with Crippen LogP contribution in [0.1, 0.15) is 36.1 Å². The number of imidazole rings is 1. The van der Waals surface area contributed by atoms with E-state index in [-0.39, 0.29) is 5.41 Å². The van der Waals surface area contributed by atoms with Gasteiger partial charge in [0.2, 0.25) is 0 Å². The fourth-order valence-electron chi connectivity index (χ4n) is 7.39. The standard InChI is InChI=1S/C42H30N2/c1-42(2)36-16-7-6-11-29(36)23-32-25-31-24-30-12-10-15-34(40(30)35(31)26-37(32)42)27-19-21-28(22-20-27)41-43-38-17-8-9-18-39(38)44(41)33-13-4-3-5-14-33/h3-26H,1-2H3. The maximum absolute atomic E-state index is 5.07. The van der Waals surface area contributed by atoms with Gasteiger partial charge in [-0.05, 0) is 103 Å². The predicted molar refractivity (Wildman–Crippen MR) is 181 cm³/mol. The van der Waals surface area contributed by atoms with Crippen LogP contribution >= 0.6 is 0 Å². The summed E-state index contributed by atoms with van der Waals surface area (Å²) in [4.78, 5) is 5.07. The minimum Gasteiger partial charge on any atom is -0.292 e. The maximum Gasteiger partial charge on any atom is 0.145 e. The fourth-order valence-corrected chi connectivity index (χ4v) is 7.39. The van der Waals surface area contributed by atoms with Gasteiger partial charge in [-0.15, -0.1) is 0 Å². The summed E-state index contributed by atoms with van der Waals surface area (Å²) in [6.07, 6.45) is 4.71. The van der Waals surface area contributed by atoms with Gasteiger partial charge in [0.1, 0.15) is 5.82 Å². The molecule has 1 heterocycles. The van der Waals surface area contributed by atoms with Crippen molar-refractivity contribution < 1.29 is 0 Å². The van der Waals surface area contributed by atoms with E-state index in [1.807, 2.05) is 0 Å². The SMILES string of the molecule is CC1(C)c2ccccc2C=c2cc3c(cc21)=c1c(-c2ccc(-c4nc5ccccc5n4-c4ccccc4)cc2)cccc1=C3. The first-order valence-electron chi connectivity index (χ1n) is 15.3. The van der Waals surface area contributed by atoms with Crippen LogP contribution < -0.4 is 10.4 Å². The molecule has 0 atom stereocenters. The van der Waals surface area contributed by atoms with Gasteiger partial charge in [0.05, 0.1) is 11.0 Å². The van der Waals surface area contributed by atoms with Crippen LogP contribution in [0.2, 0.25) is 0 Å². The largest absolute Gasteiger partial charge is 0.292 e. The van der Waals surface area contributed by atoms with E-state index in [1.54, 1.807) is 0 Å². The van der Waals surface area contributed by atoms with Gasteiger partial charge in [-0.2, -0.15) is 0 Å². The quantitative estimate of drug-likeness (QED) is 0.212. The van der Waals surface area contributed by atoms with E-state index in [4.69, 9.17) is 4.98 Å². The molecule has 1 aromatic heterocycles. The Morgan fingerprint density at radius 1 is 0.568 bits per heavy atom. The summed E-state index contributed by atoms with van der Waals surface area (Å²) in [5.41, 5.74) is 12.1. The number of fused-ring (bicyclic) bond motifs is 5. The molecule has 0 fully saturated rings. The second kappa shape index (κ2) is 9.26. The Balaban J connectivity index is 1.22. The lowest BCUT2D eigenvalue weighted by molar-refractivity contribution is 0.629. The molecular formula is C42H30N2. The summed E-state index contributed by atoms with van der Waals surface area (Å²) >= 11 is 0. The normalized spacial score (nSPS) is 13.8. The van der Waals surface area contributed by atoms with Crippen LogP contribution in [-0.4, -0.2) is 9.55 Å². The van der Waals surface area contributed by atoms with Gasteiger partial charge in [0.15, 0.2) is 0 Å². The molecule has 0 amide bonds. The summed E-state index contributed by atoms with van der Waals surface area (Å²) in [7, 11) is 0. The first-order chi connectivity index (χ1) is 21.6. The monoisotopic (exact) mass is 562 g/mol. The molecule has 2 aliphatic carbocycles. The van der Waals surface area contributed by atoms with Crippen molar-refractivity contribution in [2.45, 2.75) is 19.3 Å². The van der Waals surface area contributed by atoms with Gasteiger partial charge in [-0.25, -0.2) is 4.98 Å². The maximum atomic E-state index is 5.07. The first-order valence-corrected chi connectivity index (χ1v) is 15.3. The van der Waals surface area contributed by atoms with Crippen molar-refractivity contribution in [1.29, 1.82) is 0 Å². The number of nitrogens with zero attached hydrogens (tertiary/aromatic N) is 2. The van der Waals surface area contributed by atoms with Crippen LogP contribution in [0.15, 0.2) is 133 Å². The number of aromatic nitrogens is 2. The molecule has 0 saturated carbocycles. The van der Waals surface area contributed by atoms with E-state index >= 15 is 0 Å². The number of hydrogen-bond acceptors (Lipinski definition) is 1. The van der Waals surface area contributed by atoms with Gasteiger partial charge in [-0.1, -0.05) is 111 Å². The van der Waals surface area contributed by atoms with E-state index < -0.39 is 0 Å². The van der Waals surface area contributed by atoms with E-state index in [1.165, 1.54) is 54.3 Å². The summed E-state index contributed by atoms with van der Waals surface area (Å²) in [5, 5.41) is 5.25. The van der Waals surface area contributed by atoms with Crippen molar-refractivity contribution >= 4 is 23.2 Å². The van der Waals surface area contributed by atoms with E-state index in [0.29, 0.717) is 0 Å². The molecule has 0 N–H and O–H groups in total. The zero-order chi connectivity index (χ0) is 29.4. The van der Waals surface area contributed by atoms with Crippen molar-refractivity contribution in [2.75, 3.05) is 0 Å². The predicted octanol–water partition coefficient (Wildman–Crippen LogP) is 8.26. The molecule has 9 rings (SSSR count). The number of hydrogen-bond donors (Lipinski definition) is 0. The molecule has 0 saturated heterocycles. The zero-order valence-electron chi connectivity index (χ0n) is 24.8. The van der Waals surface area contributed by atoms with E-state index in [9.17, 15) is 0 Å². The van der Waals surface area contributed by atoms with Crippen LogP contribution in [0.25, 0.3) is 51.4 Å². The number of benzene rings is 6. The third-order valence-electron chi connectivity index (χ3n) is 9.55. The minimum absolute atomic E-state index is 0.0702. The molecule has 0 spiro atoms. The molecule has 7 aromatic rings. The fraction of sp³-hybridized carbons (Fsp3) is 0.0714. The highest BCUT2D eigenvalue weighted by atomic mass is 15.1. The Morgan fingerprint density at radius 3 is 2.16 bits per heavy atom. The Morgan fingerprint density at radius 2 is 1.30 bits per heavy atom. The average Bonchev–Trinajstić information content (AvgIpc) is 3.63. The van der Waals surface area contributed by atoms with Crippen LogP contribution in [0, 0.1) is 10.4 Å². The smallest absolute Gasteiger partial charge is 0.145 e. The Labute approximate surface area is 256 Å². The summed E-state index contributed by atoms with van der Waals surface area (Å²) in [6.45, 7) is 4.72. The Hall–Kier alpha value is -5.47. The molecule has 0 unspecified atom stereocenters. The van der Waals surface area contributed by atoms with Crippen LogP contribution in [-0.2, 0) is 5.41 Å². The molecule has 0 aliphatic heterocycles. The molecule has 44 heavy (non-hydrogen) atoms. The second-order valence-corrected chi connectivity index (χ2v) is 12.5. The third-order valence-corrected chi connectivity index (χ3v) is 9.55. The van der Waals surface area contributed by atoms with E-state index in [2.05, 4.69) is 164 Å². The lowest BCUT2D eigenvalue weighted by Gasteiger charge is -2.32. The van der Waals surface area contributed by atoms with Crippen molar-refractivity contribution in [3.63, 3.8) is 0 Å². The lowest BCUT2D eigenvalue weighted by atomic mass is 9.72. The average molecular weight is 563 g/mol. The second-order valence-electron chi connectivity index (χ2n) is 12.5. The Bertz CT molecular complexity index is 2500. The number of para-hydroxylation sites is 3. The highest BCUT2D eigenvalue weighted by Gasteiger charge is 2.29. The van der Waals surface area contributed by atoms with Gasteiger partial charge in [0, 0.05) is 16.7 Å². The highest BCUT2D eigenvalue weighted by molar-refractivity contribution is 5.84. The molecule has 2 nitrogen and oxygen atoms in total. The van der Waals surface area contributed by atoms with Gasteiger partial charge < -0.3 is 0 Å². The van der Waals surface area contributed by atoms with Gasteiger partial charge >= 0.3 is 0 Å². The van der Waals surface area contributed by atoms with Gasteiger partial charge in [0.25, 0.3) is 0 Å². The summed E-state index contributed by atoms with van der Waals surface area (Å²) in [6, 6.07) is 48.2. The van der Waals surface area contributed by atoms with Crippen molar-refractivity contribution in [1.82, 2.24) is 9.55 Å². The summed E-state index contributed by atoms with van der Waals surface area (Å²) < 4.78 is 2.26. The van der Waals surface area contributed by atoms with Crippen LogP contribution in [0.5, 0.6) is 0 Å². The molecule has 6 aromatic carbocycles. The van der Waals surface area contributed by atoms with Crippen molar-refractivity contribution in [2.24, 2.45) is 0 Å². The lowest BCUT2D eigenvalue weighted by Crippen LogP contribution is -2.31. The minimum atomic E-state index is -0.0702. The third kappa shape index (κ3) is 3.64. The van der Waals surface area contributed by atoms with Gasteiger partial charge in [-0.3, -0.25) is 4.57 Å². The van der Waals surface area contributed by atoms with Crippen LogP contribution in [0.3, 0.4) is 0 Å². The number of rotatable bonds is 3.